The minimum atomic E-state index is 0.656. The van der Waals surface area contributed by atoms with Crippen molar-refractivity contribution in [3.63, 3.8) is 0 Å². The zero-order valence-electron chi connectivity index (χ0n) is 10.9. The summed E-state index contributed by atoms with van der Waals surface area (Å²) in [4.78, 5) is 4.61. The molecule has 0 unspecified atom stereocenters. The largest absolute Gasteiger partial charge is 0.357 e. The van der Waals surface area contributed by atoms with Gasteiger partial charge in [-0.1, -0.05) is 32.6 Å². The number of nitrogens with zero attached hydrogens (tertiary/aromatic N) is 1. The smallest absolute Gasteiger partial charge is 0.191 e. The minimum Gasteiger partial charge on any atom is -0.357 e. The second kappa shape index (κ2) is 8.43. The molecule has 16 heavy (non-hydrogen) atoms. The molecule has 0 aliphatic heterocycles. The third-order valence-electron chi connectivity index (χ3n) is 3.07. The Labute approximate surface area is 100 Å². The van der Waals surface area contributed by atoms with Gasteiger partial charge in [-0.05, 0) is 26.2 Å². The van der Waals surface area contributed by atoms with E-state index in [-0.39, 0.29) is 0 Å². The highest BCUT2D eigenvalue weighted by molar-refractivity contribution is 5.80. The Bertz CT molecular complexity index is 195. The quantitative estimate of drug-likeness (QED) is 0.414. The zero-order chi connectivity index (χ0) is 11.6. The van der Waals surface area contributed by atoms with Crippen LogP contribution in [0.3, 0.4) is 0 Å². The molecule has 94 valence electrons. The fourth-order valence-corrected chi connectivity index (χ4v) is 2.14. The molecule has 1 rings (SSSR count). The predicted octanol–water partition coefficient (Wildman–Crippen LogP) is 2.67. The van der Waals surface area contributed by atoms with Gasteiger partial charge in [0.2, 0.25) is 0 Å². The first-order valence-corrected chi connectivity index (χ1v) is 6.91. The molecule has 0 heterocycles. The van der Waals surface area contributed by atoms with E-state index in [0.717, 1.165) is 19.0 Å². The molecule has 0 aromatic rings. The molecule has 1 aliphatic carbocycles. The molecule has 0 radical (unpaired) electrons. The Kier molecular flexibility index (Phi) is 7.02. The third kappa shape index (κ3) is 5.38. The Morgan fingerprint density at radius 2 is 1.94 bits per heavy atom. The standard InChI is InChI=1S/C13H27N3/c1-3-5-8-11-15-13(14-4-2)16-12-9-6-7-10-12/h12H,3-11H2,1-2H3,(H2,14,15,16). The molecule has 3 heteroatoms. The molecule has 2 N–H and O–H groups in total. The maximum Gasteiger partial charge on any atom is 0.191 e. The third-order valence-corrected chi connectivity index (χ3v) is 3.07. The summed E-state index contributed by atoms with van der Waals surface area (Å²) in [6, 6.07) is 0.656. The van der Waals surface area contributed by atoms with Gasteiger partial charge in [-0.15, -0.1) is 0 Å². The van der Waals surface area contributed by atoms with Gasteiger partial charge in [-0.25, -0.2) is 0 Å². The van der Waals surface area contributed by atoms with Crippen LogP contribution >= 0.6 is 0 Å². The Morgan fingerprint density at radius 1 is 1.19 bits per heavy atom. The molecule has 0 spiro atoms. The zero-order valence-corrected chi connectivity index (χ0v) is 10.9. The SMILES string of the molecule is CCCCCN=C(NCC)NC1CCCC1. The van der Waals surface area contributed by atoms with E-state index in [0.29, 0.717) is 6.04 Å². The van der Waals surface area contributed by atoms with Gasteiger partial charge >= 0.3 is 0 Å². The number of hydrogen-bond donors (Lipinski definition) is 2. The fourth-order valence-electron chi connectivity index (χ4n) is 2.14. The van der Waals surface area contributed by atoms with Crippen LogP contribution in [0.25, 0.3) is 0 Å². The van der Waals surface area contributed by atoms with Gasteiger partial charge in [0.05, 0.1) is 0 Å². The first-order valence-electron chi connectivity index (χ1n) is 6.91. The van der Waals surface area contributed by atoms with E-state index < -0.39 is 0 Å². The molecule has 3 nitrogen and oxygen atoms in total. The van der Waals surface area contributed by atoms with E-state index in [1.165, 1.54) is 44.9 Å². The number of guanidine groups is 1. The van der Waals surface area contributed by atoms with Gasteiger partial charge in [0.15, 0.2) is 5.96 Å². The van der Waals surface area contributed by atoms with Crippen molar-refractivity contribution in [3.05, 3.63) is 0 Å². The average molecular weight is 225 g/mol. The normalized spacial score (nSPS) is 17.8. The maximum absolute atomic E-state index is 4.61. The predicted molar refractivity (Wildman–Crippen MR) is 70.9 cm³/mol. The second-order valence-electron chi connectivity index (χ2n) is 4.59. The highest BCUT2D eigenvalue weighted by Gasteiger charge is 2.15. The van der Waals surface area contributed by atoms with Gasteiger partial charge in [0.1, 0.15) is 0 Å². The Morgan fingerprint density at radius 3 is 2.56 bits per heavy atom. The number of nitrogens with one attached hydrogen (secondary N) is 2. The highest BCUT2D eigenvalue weighted by Crippen LogP contribution is 2.17. The van der Waals surface area contributed by atoms with E-state index in [1.54, 1.807) is 0 Å². The summed E-state index contributed by atoms with van der Waals surface area (Å²) < 4.78 is 0. The van der Waals surface area contributed by atoms with Crippen LogP contribution in [-0.4, -0.2) is 25.1 Å². The van der Waals surface area contributed by atoms with Crippen molar-refractivity contribution in [2.24, 2.45) is 4.99 Å². The summed E-state index contributed by atoms with van der Waals surface area (Å²) in [6.45, 7) is 6.26. The molecule has 0 bridgehead atoms. The first kappa shape index (κ1) is 13.3. The first-order chi connectivity index (χ1) is 7.86. The van der Waals surface area contributed by atoms with E-state index in [1.807, 2.05) is 0 Å². The highest BCUT2D eigenvalue weighted by atomic mass is 15.2. The van der Waals surface area contributed by atoms with Crippen molar-refractivity contribution >= 4 is 5.96 Å². The van der Waals surface area contributed by atoms with Gasteiger partial charge in [0, 0.05) is 19.1 Å². The molecule has 1 saturated carbocycles. The molecule has 1 fully saturated rings. The summed E-state index contributed by atoms with van der Waals surface area (Å²) >= 11 is 0. The summed E-state index contributed by atoms with van der Waals surface area (Å²) in [7, 11) is 0. The van der Waals surface area contributed by atoms with Crippen LogP contribution in [-0.2, 0) is 0 Å². The van der Waals surface area contributed by atoms with Crippen molar-refractivity contribution in [3.8, 4) is 0 Å². The summed E-state index contributed by atoms with van der Waals surface area (Å²) in [5, 5.41) is 6.86. The Balaban J connectivity index is 2.27. The number of hydrogen-bond acceptors (Lipinski definition) is 1. The van der Waals surface area contributed by atoms with Crippen molar-refractivity contribution in [2.75, 3.05) is 13.1 Å². The monoisotopic (exact) mass is 225 g/mol. The van der Waals surface area contributed by atoms with Crippen LogP contribution in [0, 0.1) is 0 Å². The summed E-state index contributed by atoms with van der Waals surface area (Å²) in [5.41, 5.74) is 0. The van der Waals surface area contributed by atoms with E-state index in [9.17, 15) is 0 Å². The van der Waals surface area contributed by atoms with Crippen molar-refractivity contribution in [2.45, 2.75) is 64.8 Å². The summed E-state index contributed by atoms with van der Waals surface area (Å²) in [6.07, 6.45) is 9.10. The molecular formula is C13H27N3. The summed E-state index contributed by atoms with van der Waals surface area (Å²) in [5.74, 6) is 1.02. The van der Waals surface area contributed by atoms with Crippen molar-refractivity contribution in [1.82, 2.24) is 10.6 Å². The lowest BCUT2D eigenvalue weighted by Crippen LogP contribution is -2.42. The lowest BCUT2D eigenvalue weighted by Gasteiger charge is -2.16. The molecule has 0 atom stereocenters. The Hall–Kier alpha value is -0.730. The lowest BCUT2D eigenvalue weighted by atomic mass is 10.2. The van der Waals surface area contributed by atoms with Crippen LogP contribution in [0.2, 0.25) is 0 Å². The van der Waals surface area contributed by atoms with Crippen LogP contribution in [0.1, 0.15) is 58.8 Å². The van der Waals surface area contributed by atoms with Gasteiger partial charge in [-0.2, -0.15) is 0 Å². The van der Waals surface area contributed by atoms with Crippen LogP contribution in [0.4, 0.5) is 0 Å². The maximum atomic E-state index is 4.61. The number of rotatable bonds is 6. The molecular weight excluding hydrogens is 198 g/mol. The molecule has 0 saturated heterocycles. The van der Waals surface area contributed by atoms with Crippen LogP contribution in [0.15, 0.2) is 4.99 Å². The lowest BCUT2D eigenvalue weighted by molar-refractivity contribution is 0.611. The van der Waals surface area contributed by atoms with E-state index >= 15 is 0 Å². The molecule has 0 aromatic carbocycles. The topological polar surface area (TPSA) is 36.4 Å². The van der Waals surface area contributed by atoms with Crippen molar-refractivity contribution in [1.29, 1.82) is 0 Å². The average Bonchev–Trinajstić information content (AvgIpc) is 2.77. The molecule has 0 aromatic heterocycles. The second-order valence-corrected chi connectivity index (χ2v) is 4.59. The van der Waals surface area contributed by atoms with E-state index in [2.05, 4.69) is 29.5 Å². The van der Waals surface area contributed by atoms with Crippen LogP contribution < -0.4 is 10.6 Å². The van der Waals surface area contributed by atoms with Gasteiger partial charge in [0.25, 0.3) is 0 Å². The van der Waals surface area contributed by atoms with Gasteiger partial charge < -0.3 is 10.6 Å². The van der Waals surface area contributed by atoms with Crippen LogP contribution in [0.5, 0.6) is 0 Å². The molecule has 1 aliphatic rings. The molecule has 0 amide bonds. The van der Waals surface area contributed by atoms with E-state index in [4.69, 9.17) is 0 Å². The number of aliphatic imine (C=N–C) groups is 1. The van der Waals surface area contributed by atoms with Gasteiger partial charge in [-0.3, -0.25) is 4.99 Å². The minimum absolute atomic E-state index is 0.656. The van der Waals surface area contributed by atoms with Crippen molar-refractivity contribution < 1.29 is 0 Å². The number of unbranched alkanes of at least 4 members (excludes halogenated alkanes) is 2. The fraction of sp³-hybridized carbons (Fsp3) is 0.923.